The van der Waals surface area contributed by atoms with Crippen LogP contribution in [0.15, 0.2) is 34.5 Å². The summed E-state index contributed by atoms with van der Waals surface area (Å²) >= 11 is 3.19. The summed E-state index contributed by atoms with van der Waals surface area (Å²) in [6, 6.07) is 2.08. The van der Waals surface area contributed by atoms with Crippen molar-refractivity contribution in [2.24, 2.45) is 0 Å². The van der Waals surface area contributed by atoms with Crippen molar-refractivity contribution in [2.75, 3.05) is 11.9 Å². The van der Waals surface area contributed by atoms with E-state index in [1.807, 2.05) is 33.3 Å². The number of nitrogens with zero attached hydrogens (tertiary/aromatic N) is 3. The van der Waals surface area contributed by atoms with E-state index in [0.29, 0.717) is 0 Å². The van der Waals surface area contributed by atoms with Crippen molar-refractivity contribution >= 4 is 45.5 Å². The van der Waals surface area contributed by atoms with Crippen molar-refractivity contribution in [3.8, 4) is 0 Å². The van der Waals surface area contributed by atoms with E-state index in [9.17, 15) is 4.79 Å². The lowest BCUT2D eigenvalue weighted by atomic mass is 10.3. The van der Waals surface area contributed by atoms with Crippen LogP contribution >= 0.6 is 22.7 Å². The molecule has 3 aromatic heterocycles. The Labute approximate surface area is 129 Å². The predicted molar refractivity (Wildman–Crippen MR) is 86.2 cm³/mol. The van der Waals surface area contributed by atoms with Crippen LogP contribution in [0.3, 0.4) is 0 Å². The molecule has 21 heavy (non-hydrogen) atoms. The molecule has 0 spiro atoms. The Kier molecular flexibility index (Phi) is 3.76. The number of hydrogen-bond donors (Lipinski definition) is 1. The molecule has 0 aromatic carbocycles. The van der Waals surface area contributed by atoms with Crippen molar-refractivity contribution in [2.45, 2.75) is 6.54 Å². The second-order valence-electron chi connectivity index (χ2n) is 4.54. The van der Waals surface area contributed by atoms with Gasteiger partial charge in [0, 0.05) is 31.2 Å². The van der Waals surface area contributed by atoms with Crippen molar-refractivity contribution < 1.29 is 9.90 Å². The molecule has 3 heterocycles. The summed E-state index contributed by atoms with van der Waals surface area (Å²) < 4.78 is 1.91. The van der Waals surface area contributed by atoms with Crippen LogP contribution in [0.1, 0.15) is 11.3 Å². The van der Waals surface area contributed by atoms with E-state index in [1.54, 1.807) is 17.4 Å². The number of carbonyl (C=O) groups is 1. The Hall–Kier alpha value is -2.12. The van der Waals surface area contributed by atoms with E-state index >= 15 is 0 Å². The summed E-state index contributed by atoms with van der Waals surface area (Å²) in [5.74, 6) is -0.183. The van der Waals surface area contributed by atoms with Crippen molar-refractivity contribution in [1.82, 2.24) is 9.38 Å². The lowest BCUT2D eigenvalue weighted by Crippen LogP contribution is -2.17. The normalized spacial score (nSPS) is 11.5. The first-order valence-corrected chi connectivity index (χ1v) is 8.06. The molecule has 0 saturated carbocycles. The maximum absolute atomic E-state index is 10.8. The quantitative estimate of drug-likeness (QED) is 0.734. The van der Waals surface area contributed by atoms with Crippen LogP contribution in [-0.2, 0) is 11.3 Å². The van der Waals surface area contributed by atoms with Crippen molar-refractivity contribution in [3.63, 3.8) is 0 Å². The summed E-state index contributed by atoms with van der Waals surface area (Å²) in [5.41, 5.74) is 2.00. The minimum Gasteiger partial charge on any atom is -0.478 e. The minimum absolute atomic E-state index is 0.738. The van der Waals surface area contributed by atoms with Crippen molar-refractivity contribution in [3.05, 3.63) is 45.7 Å². The van der Waals surface area contributed by atoms with E-state index < -0.39 is 5.97 Å². The molecular weight excluding hydrogens is 306 g/mol. The molecule has 3 rings (SSSR count). The molecule has 0 aliphatic carbocycles. The summed E-state index contributed by atoms with van der Waals surface area (Å²) in [7, 11) is 1.96. The Bertz CT molecular complexity index is 786. The van der Waals surface area contributed by atoms with Gasteiger partial charge in [0.25, 0.3) is 0 Å². The first-order chi connectivity index (χ1) is 10.1. The molecule has 0 fully saturated rings. The molecule has 108 valence electrons. The molecule has 3 aromatic rings. The topological polar surface area (TPSA) is 57.8 Å². The molecule has 0 atom stereocenters. The molecule has 5 nitrogen and oxygen atoms in total. The van der Waals surface area contributed by atoms with Crippen LogP contribution in [0.5, 0.6) is 0 Å². The minimum atomic E-state index is -0.966. The molecule has 0 unspecified atom stereocenters. The molecule has 0 saturated heterocycles. The molecule has 0 aliphatic rings. The van der Waals surface area contributed by atoms with Crippen LogP contribution in [0, 0.1) is 0 Å². The summed E-state index contributed by atoms with van der Waals surface area (Å²) in [6.07, 6.45) is 4.63. The monoisotopic (exact) mass is 319 g/mol. The van der Waals surface area contributed by atoms with Crippen LogP contribution in [0.2, 0.25) is 0 Å². The fourth-order valence-corrected chi connectivity index (χ4v) is 3.49. The van der Waals surface area contributed by atoms with E-state index in [1.165, 1.54) is 16.9 Å². The van der Waals surface area contributed by atoms with E-state index in [2.05, 4.69) is 16.4 Å². The highest BCUT2D eigenvalue weighted by Crippen LogP contribution is 2.26. The zero-order valence-electron chi connectivity index (χ0n) is 11.3. The number of aromatic nitrogens is 2. The highest BCUT2D eigenvalue weighted by atomic mass is 32.1. The van der Waals surface area contributed by atoms with Gasteiger partial charge in [0.2, 0.25) is 0 Å². The number of imidazole rings is 1. The second-order valence-corrected chi connectivity index (χ2v) is 6.19. The molecule has 0 amide bonds. The van der Waals surface area contributed by atoms with Gasteiger partial charge in [-0.15, -0.1) is 11.3 Å². The van der Waals surface area contributed by atoms with E-state index in [-0.39, 0.29) is 0 Å². The van der Waals surface area contributed by atoms with E-state index in [4.69, 9.17) is 5.11 Å². The first-order valence-electron chi connectivity index (χ1n) is 6.24. The largest absolute Gasteiger partial charge is 0.478 e. The third-order valence-electron chi connectivity index (χ3n) is 3.02. The van der Waals surface area contributed by atoms with E-state index in [0.717, 1.165) is 29.1 Å². The predicted octanol–water partition coefficient (Wildman–Crippen LogP) is 3.19. The number of rotatable bonds is 5. The van der Waals surface area contributed by atoms with Gasteiger partial charge in [-0.25, -0.2) is 9.78 Å². The lowest BCUT2D eigenvalue weighted by Gasteiger charge is -2.16. The number of carboxylic acid groups (broad SMARTS) is 1. The number of carboxylic acids is 1. The smallest absolute Gasteiger partial charge is 0.328 e. The molecule has 0 aliphatic heterocycles. The number of thiazole rings is 1. The average molecular weight is 319 g/mol. The van der Waals surface area contributed by atoms with Crippen molar-refractivity contribution in [1.29, 1.82) is 0 Å². The lowest BCUT2D eigenvalue weighted by molar-refractivity contribution is -0.131. The molecule has 1 N–H and O–H groups in total. The number of fused-ring (bicyclic) bond motifs is 1. The first kappa shape index (κ1) is 13.8. The Morgan fingerprint density at radius 2 is 2.38 bits per heavy atom. The molecular formula is C14H13N3O2S2. The number of hydrogen-bond acceptors (Lipinski definition) is 5. The maximum Gasteiger partial charge on any atom is 0.328 e. The fraction of sp³-hybridized carbons (Fsp3) is 0.143. The Balaban J connectivity index is 1.98. The zero-order valence-corrected chi connectivity index (χ0v) is 12.9. The van der Waals surface area contributed by atoms with Crippen LogP contribution < -0.4 is 4.90 Å². The Morgan fingerprint density at radius 1 is 1.52 bits per heavy atom. The van der Waals surface area contributed by atoms with Gasteiger partial charge in [0.05, 0.1) is 5.69 Å². The highest BCUT2D eigenvalue weighted by molar-refractivity contribution is 7.15. The number of thiophene rings is 1. The molecule has 0 bridgehead atoms. The van der Waals surface area contributed by atoms with Crippen LogP contribution in [-0.4, -0.2) is 27.5 Å². The fourth-order valence-electron chi connectivity index (χ4n) is 2.11. The molecule has 7 heteroatoms. The van der Waals surface area contributed by atoms with Gasteiger partial charge in [0.1, 0.15) is 0 Å². The zero-order chi connectivity index (χ0) is 14.8. The summed E-state index contributed by atoms with van der Waals surface area (Å²) in [6.45, 7) is 0.738. The van der Waals surface area contributed by atoms with Gasteiger partial charge < -0.3 is 10.0 Å². The van der Waals surface area contributed by atoms with Gasteiger partial charge in [-0.05, 0) is 28.5 Å². The van der Waals surface area contributed by atoms with Crippen LogP contribution in [0.25, 0.3) is 11.0 Å². The average Bonchev–Trinajstić information content (AvgIpc) is 3.12. The van der Waals surface area contributed by atoms with Gasteiger partial charge in [-0.1, -0.05) is 0 Å². The number of anilines is 1. The SMILES string of the molecule is CN(Cc1ccsc1)c1nc2sccn2c1/C=C/C(=O)O. The Morgan fingerprint density at radius 3 is 3.10 bits per heavy atom. The number of aliphatic carboxylic acids is 1. The maximum atomic E-state index is 10.8. The standard InChI is InChI=1S/C14H13N3O2S2/c1-16(8-10-4-6-20-9-10)13-11(2-3-12(18)19)17-5-7-21-14(17)15-13/h2-7,9H,8H2,1H3,(H,18,19)/b3-2+. The molecule has 0 radical (unpaired) electrons. The highest BCUT2D eigenvalue weighted by Gasteiger charge is 2.15. The summed E-state index contributed by atoms with van der Waals surface area (Å²) in [5, 5.41) is 14.9. The third kappa shape index (κ3) is 2.84. The van der Waals surface area contributed by atoms with Gasteiger partial charge >= 0.3 is 5.97 Å². The van der Waals surface area contributed by atoms with Gasteiger partial charge in [0.15, 0.2) is 10.8 Å². The third-order valence-corrected chi connectivity index (χ3v) is 4.51. The summed E-state index contributed by atoms with van der Waals surface area (Å²) in [4.78, 5) is 18.3. The van der Waals surface area contributed by atoms with Gasteiger partial charge in [-0.2, -0.15) is 11.3 Å². The van der Waals surface area contributed by atoms with Gasteiger partial charge in [-0.3, -0.25) is 4.40 Å². The van der Waals surface area contributed by atoms with Crippen LogP contribution in [0.4, 0.5) is 5.82 Å². The second kappa shape index (κ2) is 5.71.